The highest BCUT2D eigenvalue weighted by Crippen LogP contribution is 2.68. The number of hydrogen-bond donors (Lipinski definition) is 0. The first kappa shape index (κ1) is 19.5. The van der Waals surface area contributed by atoms with Crippen molar-refractivity contribution in [2.24, 2.45) is 40.4 Å². The van der Waals surface area contributed by atoms with Crippen molar-refractivity contribution in [3.8, 4) is 0 Å². The summed E-state index contributed by atoms with van der Waals surface area (Å²) < 4.78 is 0. The molecule has 1 aromatic heterocycles. The summed E-state index contributed by atoms with van der Waals surface area (Å²) >= 11 is 0. The molecule has 4 aliphatic carbocycles. The highest BCUT2D eigenvalue weighted by molar-refractivity contribution is 5.79. The van der Waals surface area contributed by atoms with Crippen molar-refractivity contribution in [1.29, 1.82) is 0 Å². The van der Waals surface area contributed by atoms with E-state index >= 15 is 0 Å². The van der Waals surface area contributed by atoms with E-state index in [9.17, 15) is 4.79 Å². The van der Waals surface area contributed by atoms with Gasteiger partial charge in [0.1, 0.15) is 5.78 Å². The zero-order valence-electron chi connectivity index (χ0n) is 18.5. The molecule has 29 heavy (non-hydrogen) atoms. The van der Waals surface area contributed by atoms with E-state index in [1.54, 1.807) is 5.57 Å². The number of nitrogens with zero attached hydrogens (tertiary/aromatic N) is 1. The number of fused-ring (bicyclic) bond motifs is 5. The Bertz CT molecular complexity index is 813. The van der Waals surface area contributed by atoms with E-state index in [1.807, 2.05) is 6.20 Å². The molecule has 3 fully saturated rings. The largest absolute Gasteiger partial charge is 0.300 e. The molecule has 0 N–H and O–H groups in total. The fourth-order valence-electron chi connectivity index (χ4n) is 8.43. The van der Waals surface area contributed by atoms with E-state index in [0.29, 0.717) is 22.5 Å². The number of rotatable bonds is 3. The van der Waals surface area contributed by atoms with Crippen molar-refractivity contribution < 1.29 is 4.79 Å². The Balaban J connectivity index is 1.51. The van der Waals surface area contributed by atoms with Crippen molar-refractivity contribution in [2.45, 2.75) is 78.6 Å². The minimum Gasteiger partial charge on any atom is -0.300 e. The van der Waals surface area contributed by atoms with Gasteiger partial charge in [-0.1, -0.05) is 45.8 Å². The topological polar surface area (TPSA) is 30.0 Å². The third-order valence-corrected chi connectivity index (χ3v) is 9.87. The van der Waals surface area contributed by atoms with Crippen molar-refractivity contribution in [3.63, 3.8) is 0 Å². The summed E-state index contributed by atoms with van der Waals surface area (Å²) in [5, 5.41) is 0. The smallest absolute Gasteiger partial charge is 0.133 e. The second kappa shape index (κ2) is 7.06. The maximum Gasteiger partial charge on any atom is 0.133 e. The van der Waals surface area contributed by atoms with Crippen LogP contribution in [0.2, 0.25) is 0 Å². The zero-order valence-corrected chi connectivity index (χ0v) is 18.5. The Morgan fingerprint density at radius 2 is 2.07 bits per heavy atom. The van der Waals surface area contributed by atoms with E-state index in [0.717, 1.165) is 42.9 Å². The second-order valence-electron chi connectivity index (χ2n) is 11.1. The lowest BCUT2D eigenvalue weighted by Crippen LogP contribution is -2.56. The summed E-state index contributed by atoms with van der Waals surface area (Å²) in [6.07, 6.45) is 17.2. The molecule has 0 aliphatic heterocycles. The lowest BCUT2D eigenvalue weighted by Gasteiger charge is -2.62. The minimum absolute atomic E-state index is 0.296. The van der Waals surface area contributed by atoms with Crippen LogP contribution < -0.4 is 0 Å². The van der Waals surface area contributed by atoms with Crippen molar-refractivity contribution in [1.82, 2.24) is 4.98 Å². The molecule has 0 radical (unpaired) electrons. The molecule has 2 nitrogen and oxygen atoms in total. The highest BCUT2D eigenvalue weighted by Gasteiger charge is 2.61. The SMILES string of the molecule is CCCC1CC2CC(=O)CC[C@]2(C)[C@@H]2CC[C@]3(C)C(c4cccnc4)=CC[C@H]3[C@H]12. The molecule has 0 amide bonds. The molecular weight excluding hydrogens is 354 g/mol. The average molecular weight is 392 g/mol. The van der Waals surface area contributed by atoms with Gasteiger partial charge in [0.25, 0.3) is 0 Å². The molecule has 7 atom stereocenters. The number of hydrogen-bond acceptors (Lipinski definition) is 2. The molecule has 2 unspecified atom stereocenters. The molecule has 0 bridgehead atoms. The van der Waals surface area contributed by atoms with Crippen molar-refractivity contribution in [2.75, 3.05) is 0 Å². The number of allylic oxidation sites excluding steroid dienone is 2. The van der Waals surface area contributed by atoms with Gasteiger partial charge in [-0.25, -0.2) is 0 Å². The third-order valence-electron chi connectivity index (χ3n) is 9.87. The first-order valence-electron chi connectivity index (χ1n) is 12.1. The Kier molecular flexibility index (Phi) is 4.76. The van der Waals surface area contributed by atoms with Gasteiger partial charge < -0.3 is 0 Å². The predicted molar refractivity (Wildman–Crippen MR) is 118 cm³/mol. The van der Waals surface area contributed by atoms with Crippen LogP contribution in [-0.2, 0) is 4.79 Å². The van der Waals surface area contributed by atoms with E-state index in [2.05, 4.69) is 50.2 Å². The van der Waals surface area contributed by atoms with Gasteiger partial charge in [0.2, 0.25) is 0 Å². The Labute approximate surface area is 176 Å². The molecule has 1 heterocycles. The molecule has 156 valence electrons. The van der Waals surface area contributed by atoms with Gasteiger partial charge in [-0.15, -0.1) is 0 Å². The summed E-state index contributed by atoms with van der Waals surface area (Å²) in [5.74, 6) is 4.38. The van der Waals surface area contributed by atoms with Gasteiger partial charge >= 0.3 is 0 Å². The standard InChI is InChI=1S/C27H37NO/c1-4-6-18-15-20-16-21(29)10-12-26(20,2)24-11-13-27(3)22(8-9-23(27)25(18)24)19-7-5-14-28-17-19/h5,7-8,14,17-18,20,23-25H,4,6,9-13,15-16H2,1-3H3/t18?,20?,23-,24+,25-,26-,27+/m0/s1. The van der Waals surface area contributed by atoms with Crippen LogP contribution >= 0.6 is 0 Å². The quantitative estimate of drug-likeness (QED) is 0.573. The monoisotopic (exact) mass is 391 g/mol. The van der Waals surface area contributed by atoms with Crippen molar-refractivity contribution in [3.05, 3.63) is 36.2 Å². The molecule has 0 spiro atoms. The fraction of sp³-hybridized carbons (Fsp3) is 0.704. The lowest BCUT2D eigenvalue weighted by molar-refractivity contribution is -0.146. The molecule has 0 aromatic carbocycles. The maximum atomic E-state index is 12.3. The number of Topliss-reactive ketones (excluding diaryl/α,β-unsaturated/α-hetero) is 1. The Morgan fingerprint density at radius 3 is 2.83 bits per heavy atom. The molecule has 1 aromatic rings. The Morgan fingerprint density at radius 1 is 1.21 bits per heavy atom. The van der Waals surface area contributed by atoms with Crippen molar-refractivity contribution >= 4 is 11.4 Å². The number of pyridine rings is 1. The van der Waals surface area contributed by atoms with Crippen LogP contribution in [0.3, 0.4) is 0 Å². The van der Waals surface area contributed by atoms with E-state index in [-0.39, 0.29) is 0 Å². The summed E-state index contributed by atoms with van der Waals surface area (Å²) in [6, 6.07) is 4.34. The Hall–Kier alpha value is -1.44. The maximum absolute atomic E-state index is 12.3. The lowest BCUT2D eigenvalue weighted by atomic mass is 9.42. The van der Waals surface area contributed by atoms with E-state index < -0.39 is 0 Å². The molecule has 0 saturated heterocycles. The van der Waals surface area contributed by atoms with Gasteiger partial charge in [-0.05, 0) is 89.7 Å². The second-order valence-corrected chi connectivity index (χ2v) is 11.1. The van der Waals surface area contributed by atoms with Crippen LogP contribution in [0, 0.1) is 40.4 Å². The van der Waals surface area contributed by atoms with Gasteiger partial charge in [0, 0.05) is 25.2 Å². The van der Waals surface area contributed by atoms with Crippen LogP contribution in [0.15, 0.2) is 30.6 Å². The van der Waals surface area contributed by atoms with Gasteiger partial charge in [-0.2, -0.15) is 0 Å². The molecule has 2 heteroatoms. The first-order chi connectivity index (χ1) is 14.0. The highest BCUT2D eigenvalue weighted by atomic mass is 16.1. The normalized spacial score (nSPS) is 43.9. The van der Waals surface area contributed by atoms with Gasteiger partial charge in [0.05, 0.1) is 0 Å². The molecule has 5 rings (SSSR count). The summed E-state index contributed by atoms with van der Waals surface area (Å²) in [5.41, 5.74) is 3.59. The third kappa shape index (κ3) is 2.88. The predicted octanol–water partition coefficient (Wildman–Crippen LogP) is 6.71. The first-order valence-corrected chi connectivity index (χ1v) is 12.1. The summed E-state index contributed by atoms with van der Waals surface area (Å²) in [6.45, 7) is 7.48. The van der Waals surface area contributed by atoms with Crippen LogP contribution in [0.1, 0.15) is 84.1 Å². The van der Waals surface area contributed by atoms with E-state index in [4.69, 9.17) is 0 Å². The number of aromatic nitrogens is 1. The average Bonchev–Trinajstić information content (AvgIpc) is 3.07. The van der Waals surface area contributed by atoms with E-state index in [1.165, 1.54) is 44.1 Å². The van der Waals surface area contributed by atoms with Crippen LogP contribution in [0.25, 0.3) is 5.57 Å². The van der Waals surface area contributed by atoms with Gasteiger partial charge in [0.15, 0.2) is 0 Å². The van der Waals surface area contributed by atoms with Crippen LogP contribution in [-0.4, -0.2) is 10.8 Å². The van der Waals surface area contributed by atoms with Crippen LogP contribution in [0.4, 0.5) is 0 Å². The van der Waals surface area contributed by atoms with Gasteiger partial charge in [-0.3, -0.25) is 9.78 Å². The zero-order chi connectivity index (χ0) is 20.2. The minimum atomic E-state index is 0.296. The van der Waals surface area contributed by atoms with Crippen LogP contribution in [0.5, 0.6) is 0 Å². The molecule has 3 saturated carbocycles. The summed E-state index contributed by atoms with van der Waals surface area (Å²) in [4.78, 5) is 16.7. The molecular formula is C27H37NO. The number of carbonyl (C=O) groups excluding carboxylic acids is 1. The number of carbonyl (C=O) groups is 1. The number of ketones is 1. The molecule has 4 aliphatic rings. The summed E-state index contributed by atoms with van der Waals surface area (Å²) in [7, 11) is 0. The fourth-order valence-corrected chi connectivity index (χ4v) is 8.43.